The maximum atomic E-state index is 8.74. The van der Waals surface area contributed by atoms with Gasteiger partial charge in [0.05, 0.1) is 0 Å². The Hall–Kier alpha value is -1.10. The second-order valence-electron chi connectivity index (χ2n) is 1.96. The number of rotatable bonds is 0. The monoisotopic (exact) mass is 240 g/mol. The Morgan fingerprint density at radius 1 is 1.29 bits per heavy atom. The van der Waals surface area contributed by atoms with Gasteiger partial charge in [-0.25, -0.2) is 4.98 Å². The number of hydrogen-bond acceptors (Lipinski definition) is 7. The summed E-state index contributed by atoms with van der Waals surface area (Å²) in [6.07, 6.45) is 0. The zero-order valence-electron chi connectivity index (χ0n) is 6.69. The maximum Gasteiger partial charge on any atom is 0.394 e. The summed E-state index contributed by atoms with van der Waals surface area (Å²) in [6.45, 7) is 0. The van der Waals surface area contributed by atoms with Gasteiger partial charge in [0.1, 0.15) is 10.8 Å². The van der Waals surface area contributed by atoms with Crippen molar-refractivity contribution >= 4 is 34.8 Å². The van der Waals surface area contributed by atoms with Gasteiger partial charge in [0.25, 0.3) is 0 Å². The molecule has 0 aliphatic heterocycles. The molecular weight excluding hydrogens is 232 g/mol. The average molecular weight is 240 g/mol. The van der Waals surface area contributed by atoms with E-state index >= 15 is 0 Å². The Morgan fingerprint density at radius 3 is 2.00 bits per heavy atom. The average Bonchev–Trinajstić information content (AvgIpc) is 1.77. The summed E-state index contributed by atoms with van der Waals surface area (Å²) in [7, 11) is -4.67. The normalized spacial score (nSPS) is 10.2. The van der Waals surface area contributed by atoms with Crippen LogP contribution in [0.1, 0.15) is 0 Å². The molecule has 1 aromatic heterocycles. The topological polar surface area (TPSA) is 152 Å². The van der Waals surface area contributed by atoms with Crippen molar-refractivity contribution in [3.05, 3.63) is 6.07 Å². The first kappa shape index (κ1) is 12.9. The fourth-order valence-electron chi connectivity index (χ4n) is 0.471. The van der Waals surface area contributed by atoms with Crippen LogP contribution in [0.4, 0.5) is 11.8 Å². The molecule has 0 unspecified atom stereocenters. The van der Waals surface area contributed by atoms with Crippen molar-refractivity contribution in [2.45, 2.75) is 5.03 Å². The van der Waals surface area contributed by atoms with Crippen LogP contribution >= 0.6 is 12.6 Å². The largest absolute Gasteiger partial charge is 0.394 e. The van der Waals surface area contributed by atoms with E-state index in [0.717, 1.165) is 0 Å². The van der Waals surface area contributed by atoms with Crippen molar-refractivity contribution < 1.29 is 17.5 Å². The maximum absolute atomic E-state index is 8.74. The predicted octanol–water partition coefficient (Wildman–Crippen LogP) is -0.723. The van der Waals surface area contributed by atoms with Crippen LogP contribution in [0.2, 0.25) is 0 Å². The molecule has 0 fully saturated rings. The fraction of sp³-hybridized carbons (Fsp3) is 0. The molecule has 0 atom stereocenters. The SMILES string of the molecule is Nc1cc(S)nc(N)n1.O=S(=O)(O)O. The standard InChI is InChI=1S/C4H6N4S.H2O4S/c5-2-1-3(9)8-4(6)7-2;1-5(2,3)4/h1H,(H5,5,6,7,8,9);(H2,1,2,3,4). The highest BCUT2D eigenvalue weighted by atomic mass is 32.3. The van der Waals surface area contributed by atoms with E-state index in [-0.39, 0.29) is 5.95 Å². The second kappa shape index (κ2) is 4.95. The molecule has 80 valence electrons. The van der Waals surface area contributed by atoms with Crippen LogP contribution in [0.15, 0.2) is 11.1 Å². The quantitative estimate of drug-likeness (QED) is 0.226. The van der Waals surface area contributed by atoms with E-state index in [4.69, 9.17) is 29.0 Å². The molecular formula is C4H8N4O4S2. The van der Waals surface area contributed by atoms with Gasteiger partial charge in [-0.05, 0) is 0 Å². The molecule has 0 spiro atoms. The lowest BCUT2D eigenvalue weighted by molar-refractivity contribution is 0.381. The predicted molar refractivity (Wildman–Crippen MR) is 52.3 cm³/mol. The van der Waals surface area contributed by atoms with Gasteiger partial charge in [0, 0.05) is 6.07 Å². The number of thiol groups is 1. The summed E-state index contributed by atoms with van der Waals surface area (Å²) in [5.41, 5.74) is 10.5. The van der Waals surface area contributed by atoms with Crippen molar-refractivity contribution in [2.75, 3.05) is 11.5 Å². The lowest BCUT2D eigenvalue weighted by Crippen LogP contribution is -1.98. The van der Waals surface area contributed by atoms with Crippen molar-refractivity contribution in [1.82, 2.24) is 9.97 Å². The van der Waals surface area contributed by atoms with E-state index in [9.17, 15) is 0 Å². The number of aromatic nitrogens is 2. The highest BCUT2D eigenvalue weighted by molar-refractivity contribution is 7.80. The van der Waals surface area contributed by atoms with Crippen LogP contribution in [0, 0.1) is 0 Å². The minimum atomic E-state index is -4.67. The first-order valence-corrected chi connectivity index (χ1v) is 4.82. The number of hydrogen-bond donors (Lipinski definition) is 5. The van der Waals surface area contributed by atoms with Gasteiger partial charge in [-0.1, -0.05) is 0 Å². The Morgan fingerprint density at radius 2 is 1.71 bits per heavy atom. The minimum Gasteiger partial charge on any atom is -0.383 e. The van der Waals surface area contributed by atoms with Crippen LogP contribution in [0.5, 0.6) is 0 Å². The van der Waals surface area contributed by atoms with Crippen LogP contribution in [-0.4, -0.2) is 27.5 Å². The summed E-state index contributed by atoms with van der Waals surface area (Å²) in [5, 5.41) is 0.486. The third-order valence-electron chi connectivity index (χ3n) is 0.750. The van der Waals surface area contributed by atoms with Gasteiger partial charge < -0.3 is 11.5 Å². The Labute approximate surface area is 85.3 Å². The van der Waals surface area contributed by atoms with Gasteiger partial charge in [-0.3, -0.25) is 9.11 Å². The highest BCUT2D eigenvalue weighted by Crippen LogP contribution is 2.06. The zero-order valence-corrected chi connectivity index (χ0v) is 8.40. The number of nitrogens with zero attached hydrogens (tertiary/aromatic N) is 2. The zero-order chi connectivity index (χ0) is 11.4. The summed E-state index contributed by atoms with van der Waals surface area (Å²) < 4.78 is 31.6. The highest BCUT2D eigenvalue weighted by Gasteiger charge is 1.92. The van der Waals surface area contributed by atoms with Gasteiger partial charge in [-0.15, -0.1) is 12.6 Å². The fourth-order valence-corrected chi connectivity index (χ4v) is 0.706. The third kappa shape index (κ3) is 8.99. The second-order valence-corrected chi connectivity index (χ2v) is 3.31. The van der Waals surface area contributed by atoms with E-state index in [1.165, 1.54) is 6.07 Å². The van der Waals surface area contributed by atoms with E-state index in [1.54, 1.807) is 0 Å². The van der Waals surface area contributed by atoms with Crippen LogP contribution in [0.25, 0.3) is 0 Å². The molecule has 1 aromatic rings. The van der Waals surface area contributed by atoms with Gasteiger partial charge in [-0.2, -0.15) is 13.4 Å². The van der Waals surface area contributed by atoms with Crippen molar-refractivity contribution in [3.8, 4) is 0 Å². The molecule has 0 aliphatic rings. The van der Waals surface area contributed by atoms with Crippen LogP contribution < -0.4 is 11.5 Å². The van der Waals surface area contributed by atoms with Crippen LogP contribution in [-0.2, 0) is 10.4 Å². The first-order valence-electron chi connectivity index (χ1n) is 2.97. The molecule has 0 bridgehead atoms. The van der Waals surface area contributed by atoms with Gasteiger partial charge in [0.15, 0.2) is 0 Å². The van der Waals surface area contributed by atoms with Crippen molar-refractivity contribution in [2.24, 2.45) is 0 Å². The summed E-state index contributed by atoms with van der Waals surface area (Å²) >= 11 is 3.91. The molecule has 0 saturated heterocycles. The molecule has 0 aliphatic carbocycles. The van der Waals surface area contributed by atoms with Crippen molar-refractivity contribution in [1.29, 1.82) is 0 Å². The first-order chi connectivity index (χ1) is 6.18. The van der Waals surface area contributed by atoms with E-state index in [0.29, 0.717) is 10.8 Å². The molecule has 0 saturated carbocycles. The lowest BCUT2D eigenvalue weighted by Gasteiger charge is -1.94. The van der Waals surface area contributed by atoms with Gasteiger partial charge >= 0.3 is 10.4 Å². The molecule has 0 amide bonds. The van der Waals surface area contributed by atoms with Gasteiger partial charge in [0.2, 0.25) is 5.95 Å². The summed E-state index contributed by atoms with van der Waals surface area (Å²) in [6, 6.07) is 1.53. The Balaban J connectivity index is 0.000000292. The minimum absolute atomic E-state index is 0.153. The van der Waals surface area contributed by atoms with E-state index in [1.807, 2.05) is 0 Å². The lowest BCUT2D eigenvalue weighted by atomic mass is 10.6. The summed E-state index contributed by atoms with van der Waals surface area (Å²) in [4.78, 5) is 7.32. The molecule has 1 heterocycles. The molecule has 14 heavy (non-hydrogen) atoms. The number of nitrogen functional groups attached to an aromatic ring is 2. The Kier molecular flexibility index (Phi) is 4.56. The smallest absolute Gasteiger partial charge is 0.383 e. The third-order valence-corrected chi connectivity index (χ3v) is 0.979. The Bertz CT molecular complexity index is 347. The van der Waals surface area contributed by atoms with Crippen LogP contribution in [0.3, 0.4) is 0 Å². The molecule has 0 aromatic carbocycles. The van der Waals surface area contributed by atoms with Crippen molar-refractivity contribution in [3.63, 3.8) is 0 Å². The number of anilines is 2. The molecule has 6 N–H and O–H groups in total. The molecule has 0 radical (unpaired) electrons. The summed E-state index contributed by atoms with van der Waals surface area (Å²) in [5.74, 6) is 0.493. The van der Waals surface area contributed by atoms with E-state index in [2.05, 4.69) is 22.6 Å². The molecule has 10 heteroatoms. The molecule has 8 nitrogen and oxygen atoms in total. The number of nitrogens with two attached hydrogens (primary N) is 2. The molecule has 1 rings (SSSR count). The van der Waals surface area contributed by atoms with E-state index < -0.39 is 10.4 Å².